The van der Waals surface area contributed by atoms with Gasteiger partial charge in [0.25, 0.3) is 11.8 Å². The molecule has 3 N–H and O–H groups in total. The summed E-state index contributed by atoms with van der Waals surface area (Å²) in [6, 6.07) is 46.2. The molecule has 0 aliphatic rings. The molecular weight excluding hydrogens is 718 g/mol. The molecule has 0 fully saturated rings. The highest BCUT2D eigenvalue weighted by Crippen LogP contribution is 2.40. The van der Waals surface area contributed by atoms with Crippen LogP contribution in [0.2, 0.25) is 5.02 Å². The Kier molecular flexibility index (Phi) is 12.5. The Morgan fingerprint density at radius 2 is 1.26 bits per heavy atom. The molecule has 6 aromatic carbocycles. The van der Waals surface area contributed by atoms with Crippen LogP contribution in [0.1, 0.15) is 26.7 Å². The first-order chi connectivity index (χ1) is 26.3. The van der Waals surface area contributed by atoms with Crippen LogP contribution in [0.4, 0.5) is 11.4 Å². The molecule has 0 radical (unpaired) electrons. The third-order valence-corrected chi connectivity index (χ3v) is 9.86. The van der Waals surface area contributed by atoms with E-state index < -0.39 is 17.1 Å². The molecule has 0 aliphatic carbocycles. The van der Waals surface area contributed by atoms with Gasteiger partial charge in [-0.2, -0.15) is 0 Å². The van der Waals surface area contributed by atoms with Crippen LogP contribution in [0.5, 0.6) is 11.5 Å². The summed E-state index contributed by atoms with van der Waals surface area (Å²) in [4.78, 5) is 41.5. The Morgan fingerprint density at radius 1 is 0.667 bits per heavy atom. The van der Waals surface area contributed by atoms with Crippen LogP contribution in [-0.4, -0.2) is 31.9 Å². The molecule has 0 saturated heterocycles. The van der Waals surface area contributed by atoms with Crippen molar-refractivity contribution in [2.45, 2.75) is 10.1 Å². The second-order valence-electron chi connectivity index (χ2n) is 11.9. The zero-order valence-electron chi connectivity index (χ0n) is 29.4. The topological polar surface area (TPSA) is 106 Å². The molecule has 6 rings (SSSR count). The van der Waals surface area contributed by atoms with E-state index in [0.717, 1.165) is 27.1 Å². The highest BCUT2D eigenvalue weighted by molar-refractivity contribution is 8.00. The summed E-state index contributed by atoms with van der Waals surface area (Å²) in [6.45, 7) is 0. The average Bonchev–Trinajstić information content (AvgIpc) is 3.21. The van der Waals surface area contributed by atoms with Gasteiger partial charge in [0.05, 0.1) is 24.9 Å². The van der Waals surface area contributed by atoms with Crippen molar-refractivity contribution < 1.29 is 23.9 Å². The summed E-state index contributed by atoms with van der Waals surface area (Å²) in [6.07, 6.45) is 1.64. The number of rotatable bonds is 13. The van der Waals surface area contributed by atoms with E-state index in [1.807, 2.05) is 103 Å². The fourth-order valence-electron chi connectivity index (χ4n) is 5.52. The number of nitrogens with one attached hydrogen (secondary N) is 3. The van der Waals surface area contributed by atoms with Gasteiger partial charge in [0.1, 0.15) is 22.4 Å². The van der Waals surface area contributed by atoms with Crippen LogP contribution in [0.3, 0.4) is 0 Å². The predicted octanol–water partition coefficient (Wildman–Crippen LogP) is 9.91. The minimum Gasteiger partial charge on any atom is -0.495 e. The number of anilines is 2. The Labute approximate surface area is 323 Å². The summed E-state index contributed by atoms with van der Waals surface area (Å²) < 4.78 is 10.8. The van der Waals surface area contributed by atoms with Crippen molar-refractivity contribution in [1.82, 2.24) is 5.32 Å². The molecule has 8 nitrogen and oxygen atoms in total. The largest absolute Gasteiger partial charge is 0.495 e. The summed E-state index contributed by atoms with van der Waals surface area (Å²) in [7, 11) is 3.00. The van der Waals surface area contributed by atoms with E-state index >= 15 is 0 Å². The molecule has 0 bridgehead atoms. The minimum absolute atomic E-state index is 0.0737. The summed E-state index contributed by atoms with van der Waals surface area (Å²) in [5.74, 6) is -0.376. The van der Waals surface area contributed by atoms with Crippen molar-refractivity contribution in [3.05, 3.63) is 179 Å². The molecule has 0 heterocycles. The molecule has 0 aliphatic heterocycles. The van der Waals surface area contributed by atoms with Crippen molar-refractivity contribution in [1.29, 1.82) is 0 Å². The maximum absolute atomic E-state index is 13.8. The number of methoxy groups -OCH3 is 2. The molecule has 1 unspecified atom stereocenters. The van der Waals surface area contributed by atoms with Crippen LogP contribution in [0.15, 0.2) is 162 Å². The van der Waals surface area contributed by atoms with Crippen LogP contribution < -0.4 is 25.4 Å². The first-order valence-corrected chi connectivity index (χ1v) is 18.2. The summed E-state index contributed by atoms with van der Waals surface area (Å²) in [5, 5.41) is 8.34. The number of carbonyl (C=O) groups is 3. The Balaban J connectivity index is 1.20. The monoisotopic (exact) mass is 753 g/mol. The number of ether oxygens (including phenoxy) is 2. The lowest BCUT2D eigenvalue weighted by Crippen LogP contribution is -2.30. The molecule has 6 aromatic rings. The first-order valence-electron chi connectivity index (χ1n) is 16.9. The highest BCUT2D eigenvalue weighted by atomic mass is 35.5. The van der Waals surface area contributed by atoms with Gasteiger partial charge in [-0.05, 0) is 70.8 Å². The number of thioether (sulfide) groups is 1. The van der Waals surface area contributed by atoms with E-state index in [-0.39, 0.29) is 11.6 Å². The van der Waals surface area contributed by atoms with Crippen LogP contribution in [0.25, 0.3) is 17.2 Å². The lowest BCUT2D eigenvalue weighted by Gasteiger charge is -2.19. The quantitative estimate of drug-likeness (QED) is 0.0801. The maximum Gasteiger partial charge on any atom is 0.272 e. The first kappa shape index (κ1) is 37.5. The zero-order valence-corrected chi connectivity index (χ0v) is 31.0. The second kappa shape index (κ2) is 18.0. The Morgan fingerprint density at radius 3 is 1.89 bits per heavy atom. The number of benzene rings is 6. The number of hydrogen-bond donors (Lipinski definition) is 3. The highest BCUT2D eigenvalue weighted by Gasteiger charge is 2.24. The van der Waals surface area contributed by atoms with E-state index in [9.17, 15) is 14.4 Å². The molecule has 0 aromatic heterocycles. The normalized spacial score (nSPS) is 11.6. The van der Waals surface area contributed by atoms with Gasteiger partial charge in [0, 0.05) is 22.2 Å². The number of amides is 3. The zero-order chi connectivity index (χ0) is 37.9. The van der Waals surface area contributed by atoms with E-state index in [1.165, 1.54) is 26.0 Å². The molecule has 10 heteroatoms. The fraction of sp³-hybridized carbons (Fsp3) is 0.0682. The van der Waals surface area contributed by atoms with E-state index in [1.54, 1.807) is 54.6 Å². The molecule has 0 saturated carbocycles. The van der Waals surface area contributed by atoms with Gasteiger partial charge in [-0.1, -0.05) is 115 Å². The van der Waals surface area contributed by atoms with Gasteiger partial charge in [0.15, 0.2) is 0 Å². The Bertz CT molecular complexity index is 2250. The standard InChI is InChI=1S/C44H36ClN3O5S/c1-52-39-28-40(53-2)37(27-36(39)45)47-44(51)41(32-14-8-4-9-15-32)54-35-24-22-34(23-25-35)46-43(50)38(48-42(49)33-16-10-5-11-17-33)26-29-18-20-31(21-19-29)30-12-6-3-7-13-30/h3-28,41H,1-2H3,(H,46,50)(H,47,51)(H,48,49)/b38-26-. The van der Waals surface area contributed by atoms with E-state index in [2.05, 4.69) is 16.0 Å². The average molecular weight is 754 g/mol. The van der Waals surface area contributed by atoms with Crippen LogP contribution >= 0.6 is 23.4 Å². The molecule has 3 amide bonds. The van der Waals surface area contributed by atoms with Crippen molar-refractivity contribution in [3.8, 4) is 22.6 Å². The Hall–Kier alpha value is -6.29. The number of hydrogen-bond acceptors (Lipinski definition) is 6. The number of carbonyl (C=O) groups excluding carboxylic acids is 3. The maximum atomic E-state index is 13.8. The molecular formula is C44H36ClN3O5S. The summed E-state index contributed by atoms with van der Waals surface area (Å²) in [5.41, 5.74) is 5.03. The van der Waals surface area contributed by atoms with Crippen LogP contribution in [0, 0.1) is 0 Å². The van der Waals surface area contributed by atoms with Crippen molar-refractivity contribution in [3.63, 3.8) is 0 Å². The minimum atomic E-state index is -0.645. The number of halogens is 1. The summed E-state index contributed by atoms with van der Waals surface area (Å²) >= 11 is 7.71. The van der Waals surface area contributed by atoms with Crippen molar-refractivity contribution in [2.24, 2.45) is 0 Å². The lowest BCUT2D eigenvalue weighted by atomic mass is 10.0. The molecule has 270 valence electrons. The van der Waals surface area contributed by atoms with Gasteiger partial charge >= 0.3 is 0 Å². The fourth-order valence-corrected chi connectivity index (χ4v) is 6.78. The molecule has 0 spiro atoms. The van der Waals surface area contributed by atoms with Gasteiger partial charge < -0.3 is 25.4 Å². The molecule has 1 atom stereocenters. The van der Waals surface area contributed by atoms with Gasteiger partial charge in [-0.15, -0.1) is 11.8 Å². The van der Waals surface area contributed by atoms with Crippen molar-refractivity contribution >= 4 is 58.5 Å². The van der Waals surface area contributed by atoms with Crippen molar-refractivity contribution in [2.75, 3.05) is 24.9 Å². The van der Waals surface area contributed by atoms with Crippen LogP contribution in [-0.2, 0) is 9.59 Å². The van der Waals surface area contributed by atoms with Gasteiger partial charge in [-0.3, -0.25) is 14.4 Å². The smallest absolute Gasteiger partial charge is 0.272 e. The van der Waals surface area contributed by atoms with Gasteiger partial charge in [0.2, 0.25) is 5.91 Å². The molecule has 54 heavy (non-hydrogen) atoms. The SMILES string of the molecule is COc1cc(OC)c(NC(=O)C(Sc2ccc(NC(=O)/C(=C/c3ccc(-c4ccccc4)cc3)NC(=O)c3ccccc3)cc2)c2ccccc2)cc1Cl. The van der Waals surface area contributed by atoms with E-state index in [4.69, 9.17) is 21.1 Å². The van der Waals surface area contributed by atoms with E-state index in [0.29, 0.717) is 33.5 Å². The third kappa shape index (κ3) is 9.57. The predicted molar refractivity (Wildman–Crippen MR) is 217 cm³/mol. The lowest BCUT2D eigenvalue weighted by molar-refractivity contribution is -0.116. The van der Waals surface area contributed by atoms with Gasteiger partial charge in [-0.25, -0.2) is 0 Å². The second-order valence-corrected chi connectivity index (χ2v) is 13.5. The third-order valence-electron chi connectivity index (χ3n) is 8.30.